The number of methoxy groups -OCH3 is 1. The zero-order chi connectivity index (χ0) is 13.9. The Labute approximate surface area is 123 Å². The van der Waals surface area contributed by atoms with Crippen molar-refractivity contribution in [1.29, 1.82) is 0 Å². The van der Waals surface area contributed by atoms with Gasteiger partial charge in [0.05, 0.1) is 11.4 Å². The van der Waals surface area contributed by atoms with E-state index >= 15 is 0 Å². The number of hydrogen-bond acceptors (Lipinski definition) is 4. The number of aromatic nitrogens is 3. The molecule has 0 N–H and O–H groups in total. The SMILES string of the molecule is COCc1nc(Cl)cc(C2CCCc3cccnc32)n1. The minimum Gasteiger partial charge on any atom is -0.377 e. The maximum atomic E-state index is 6.10. The summed E-state index contributed by atoms with van der Waals surface area (Å²) in [7, 11) is 1.63. The highest BCUT2D eigenvalue weighted by molar-refractivity contribution is 6.29. The van der Waals surface area contributed by atoms with Crippen molar-refractivity contribution in [2.24, 2.45) is 0 Å². The van der Waals surface area contributed by atoms with Gasteiger partial charge in [0.15, 0.2) is 5.82 Å². The van der Waals surface area contributed by atoms with Crippen LogP contribution in [-0.4, -0.2) is 22.1 Å². The molecular weight excluding hydrogens is 274 g/mol. The van der Waals surface area contributed by atoms with E-state index in [4.69, 9.17) is 16.3 Å². The van der Waals surface area contributed by atoms with Gasteiger partial charge in [-0.3, -0.25) is 4.98 Å². The number of nitrogens with zero attached hydrogens (tertiary/aromatic N) is 3. The van der Waals surface area contributed by atoms with Gasteiger partial charge in [-0.15, -0.1) is 0 Å². The summed E-state index contributed by atoms with van der Waals surface area (Å²) in [5.74, 6) is 0.828. The van der Waals surface area contributed by atoms with E-state index in [0.717, 1.165) is 30.7 Å². The van der Waals surface area contributed by atoms with Gasteiger partial charge in [-0.05, 0) is 37.0 Å². The lowest BCUT2D eigenvalue weighted by Crippen LogP contribution is -2.15. The molecule has 1 aliphatic rings. The maximum absolute atomic E-state index is 6.10. The summed E-state index contributed by atoms with van der Waals surface area (Å²) in [4.78, 5) is 13.3. The molecule has 5 heteroatoms. The summed E-state index contributed by atoms with van der Waals surface area (Å²) in [6, 6.07) is 5.98. The summed E-state index contributed by atoms with van der Waals surface area (Å²) >= 11 is 6.10. The molecule has 0 aliphatic heterocycles. The van der Waals surface area contributed by atoms with E-state index in [1.54, 1.807) is 7.11 Å². The third kappa shape index (κ3) is 2.67. The van der Waals surface area contributed by atoms with Crippen LogP contribution in [0.4, 0.5) is 0 Å². The van der Waals surface area contributed by atoms with Gasteiger partial charge in [-0.1, -0.05) is 17.7 Å². The lowest BCUT2D eigenvalue weighted by Gasteiger charge is -2.24. The van der Waals surface area contributed by atoms with Crippen molar-refractivity contribution in [3.05, 3.63) is 52.3 Å². The van der Waals surface area contributed by atoms with Crippen molar-refractivity contribution >= 4 is 11.6 Å². The number of hydrogen-bond donors (Lipinski definition) is 0. The average Bonchev–Trinajstić information content (AvgIpc) is 2.46. The molecule has 0 bridgehead atoms. The summed E-state index contributed by atoms with van der Waals surface area (Å²) < 4.78 is 5.10. The predicted molar refractivity (Wildman–Crippen MR) is 76.8 cm³/mol. The van der Waals surface area contributed by atoms with Gasteiger partial charge in [0.1, 0.15) is 11.8 Å². The fraction of sp³-hybridized carbons (Fsp3) is 0.400. The smallest absolute Gasteiger partial charge is 0.155 e. The Bertz CT molecular complexity index is 618. The second-order valence-electron chi connectivity index (χ2n) is 4.96. The molecule has 0 aromatic carbocycles. The lowest BCUT2D eigenvalue weighted by atomic mass is 9.84. The standard InChI is InChI=1S/C15H16ClN3O/c1-20-9-14-18-12(8-13(16)19-14)11-6-2-4-10-5-3-7-17-15(10)11/h3,5,7-8,11H,2,4,6,9H2,1H3. The second kappa shape index (κ2) is 5.85. The molecule has 2 heterocycles. The van der Waals surface area contributed by atoms with E-state index in [0.29, 0.717) is 17.6 Å². The highest BCUT2D eigenvalue weighted by Crippen LogP contribution is 2.34. The first-order valence-electron chi connectivity index (χ1n) is 6.74. The summed E-state index contributed by atoms with van der Waals surface area (Å²) in [6.07, 6.45) is 5.12. The number of aryl methyl sites for hydroxylation is 1. The molecule has 2 aromatic rings. The number of pyridine rings is 1. The van der Waals surface area contributed by atoms with Crippen LogP contribution in [-0.2, 0) is 17.8 Å². The van der Waals surface area contributed by atoms with Crippen molar-refractivity contribution < 1.29 is 4.74 Å². The van der Waals surface area contributed by atoms with Gasteiger partial charge in [0.2, 0.25) is 0 Å². The van der Waals surface area contributed by atoms with E-state index in [1.165, 1.54) is 5.56 Å². The minimum atomic E-state index is 0.205. The third-order valence-corrected chi connectivity index (χ3v) is 3.78. The van der Waals surface area contributed by atoms with E-state index < -0.39 is 0 Å². The first-order chi connectivity index (χ1) is 9.78. The minimum absolute atomic E-state index is 0.205. The molecule has 0 saturated heterocycles. The van der Waals surface area contributed by atoms with Crippen LogP contribution in [0.5, 0.6) is 0 Å². The highest BCUT2D eigenvalue weighted by atomic mass is 35.5. The second-order valence-corrected chi connectivity index (χ2v) is 5.34. The molecule has 1 aliphatic carbocycles. The van der Waals surface area contributed by atoms with Crippen LogP contribution in [0.15, 0.2) is 24.4 Å². The van der Waals surface area contributed by atoms with Gasteiger partial charge >= 0.3 is 0 Å². The largest absolute Gasteiger partial charge is 0.377 e. The van der Waals surface area contributed by atoms with E-state index in [9.17, 15) is 0 Å². The van der Waals surface area contributed by atoms with Crippen LogP contribution < -0.4 is 0 Å². The number of halogens is 1. The monoisotopic (exact) mass is 289 g/mol. The summed E-state index contributed by atoms with van der Waals surface area (Å²) in [5, 5.41) is 0.463. The van der Waals surface area contributed by atoms with Crippen LogP contribution in [0, 0.1) is 0 Å². The average molecular weight is 290 g/mol. The number of rotatable bonds is 3. The Kier molecular flexibility index (Phi) is 3.94. The van der Waals surface area contributed by atoms with Crippen molar-refractivity contribution in [3.8, 4) is 0 Å². The molecule has 104 valence electrons. The molecule has 1 atom stereocenters. The van der Waals surface area contributed by atoms with E-state index in [-0.39, 0.29) is 5.92 Å². The first-order valence-corrected chi connectivity index (χ1v) is 7.12. The van der Waals surface area contributed by atoms with Crippen LogP contribution in [0.1, 0.15) is 41.5 Å². The van der Waals surface area contributed by atoms with Gasteiger partial charge in [-0.25, -0.2) is 9.97 Å². The molecular formula is C15H16ClN3O. The van der Waals surface area contributed by atoms with E-state index in [1.807, 2.05) is 18.3 Å². The molecule has 3 rings (SSSR count). The van der Waals surface area contributed by atoms with Crippen molar-refractivity contribution in [1.82, 2.24) is 15.0 Å². The lowest BCUT2D eigenvalue weighted by molar-refractivity contribution is 0.177. The third-order valence-electron chi connectivity index (χ3n) is 3.59. The van der Waals surface area contributed by atoms with Crippen LogP contribution in [0.25, 0.3) is 0 Å². The maximum Gasteiger partial charge on any atom is 0.155 e. The Morgan fingerprint density at radius 3 is 3.15 bits per heavy atom. The number of ether oxygens (including phenoxy) is 1. The molecule has 1 unspecified atom stereocenters. The highest BCUT2D eigenvalue weighted by Gasteiger charge is 2.24. The van der Waals surface area contributed by atoms with Crippen LogP contribution in [0.3, 0.4) is 0 Å². The molecule has 4 nitrogen and oxygen atoms in total. The molecule has 0 amide bonds. The number of fused-ring (bicyclic) bond motifs is 1. The van der Waals surface area contributed by atoms with Gasteiger partial charge in [-0.2, -0.15) is 0 Å². The van der Waals surface area contributed by atoms with Crippen molar-refractivity contribution in [2.75, 3.05) is 7.11 Å². The quantitative estimate of drug-likeness (QED) is 0.815. The normalized spacial score (nSPS) is 17.8. The van der Waals surface area contributed by atoms with E-state index in [2.05, 4.69) is 21.0 Å². The molecule has 0 spiro atoms. The zero-order valence-electron chi connectivity index (χ0n) is 11.3. The predicted octanol–water partition coefficient (Wildman–Crippen LogP) is 3.14. The van der Waals surface area contributed by atoms with Gasteiger partial charge in [0, 0.05) is 19.2 Å². The van der Waals surface area contributed by atoms with Crippen molar-refractivity contribution in [3.63, 3.8) is 0 Å². The Morgan fingerprint density at radius 2 is 2.30 bits per heavy atom. The van der Waals surface area contributed by atoms with Gasteiger partial charge in [0.25, 0.3) is 0 Å². The van der Waals surface area contributed by atoms with Gasteiger partial charge < -0.3 is 4.74 Å². The van der Waals surface area contributed by atoms with Crippen LogP contribution >= 0.6 is 11.6 Å². The first kappa shape index (κ1) is 13.5. The summed E-state index contributed by atoms with van der Waals surface area (Å²) in [6.45, 7) is 0.370. The molecule has 2 aromatic heterocycles. The zero-order valence-corrected chi connectivity index (χ0v) is 12.1. The molecule has 0 fully saturated rings. The fourth-order valence-electron chi connectivity index (χ4n) is 2.75. The van der Waals surface area contributed by atoms with Crippen LogP contribution in [0.2, 0.25) is 5.15 Å². The topological polar surface area (TPSA) is 47.9 Å². The molecule has 20 heavy (non-hydrogen) atoms. The Morgan fingerprint density at radius 1 is 1.40 bits per heavy atom. The fourth-order valence-corrected chi connectivity index (χ4v) is 2.96. The molecule has 0 saturated carbocycles. The molecule has 0 radical (unpaired) electrons. The summed E-state index contributed by atoms with van der Waals surface area (Å²) in [5.41, 5.74) is 3.38. The Hall–Kier alpha value is -1.52. The van der Waals surface area contributed by atoms with Crippen molar-refractivity contribution in [2.45, 2.75) is 31.8 Å². The Balaban J connectivity index is 2.01.